The van der Waals surface area contributed by atoms with E-state index in [0.29, 0.717) is 11.4 Å². The maximum absolute atomic E-state index is 11.1. The van der Waals surface area contributed by atoms with E-state index in [0.717, 1.165) is 22.5 Å². The van der Waals surface area contributed by atoms with Gasteiger partial charge in [0, 0.05) is 47.0 Å². The summed E-state index contributed by atoms with van der Waals surface area (Å²) in [6.07, 6.45) is 3.17. The first-order valence-corrected chi connectivity index (χ1v) is 17.2. The maximum Gasteiger partial charge on any atom is 0.269 e. The van der Waals surface area contributed by atoms with Crippen LogP contribution in [0.3, 0.4) is 0 Å². The fourth-order valence-corrected chi connectivity index (χ4v) is 4.97. The van der Waals surface area contributed by atoms with Gasteiger partial charge in [-0.3, -0.25) is 20.2 Å². The topological polar surface area (TPSA) is 261 Å². The Kier molecular flexibility index (Phi) is 11.6. The predicted molar refractivity (Wildman–Crippen MR) is 221 cm³/mol. The van der Waals surface area contributed by atoms with E-state index in [-0.39, 0.29) is 47.1 Å². The van der Waals surface area contributed by atoms with E-state index in [1.807, 2.05) is 84.9 Å². The van der Waals surface area contributed by atoms with Crippen molar-refractivity contribution in [2.45, 2.75) is 0 Å². The third-order valence-electron chi connectivity index (χ3n) is 7.69. The number of hydrogen-bond donors (Lipinski definition) is 6. The van der Waals surface area contributed by atoms with E-state index < -0.39 is 9.85 Å². The Hall–Kier alpha value is -8.94. The van der Waals surface area contributed by atoms with Gasteiger partial charge in [0.15, 0.2) is 0 Å². The second-order valence-electron chi connectivity index (χ2n) is 11.9. The summed E-state index contributed by atoms with van der Waals surface area (Å²) in [5.74, 6) is 1.09. The molecule has 0 spiro atoms. The Morgan fingerprint density at radius 3 is 1.00 bits per heavy atom. The van der Waals surface area contributed by atoms with Crippen LogP contribution in [0.25, 0.3) is 0 Å². The largest absolute Gasteiger partial charge is 0.324 e. The summed E-state index contributed by atoms with van der Waals surface area (Å²) in [6.45, 7) is 0. The first-order chi connectivity index (χ1) is 28.3. The maximum atomic E-state index is 11.1. The number of hydrazone groups is 2. The highest BCUT2D eigenvalue weighted by atomic mass is 16.6. The van der Waals surface area contributed by atoms with Crippen LogP contribution in [0.15, 0.2) is 144 Å². The Bertz CT molecular complexity index is 2380. The first-order valence-electron chi connectivity index (χ1n) is 17.2. The number of aromatic nitrogens is 6. The number of rotatable bonds is 16. The molecule has 0 saturated heterocycles. The van der Waals surface area contributed by atoms with Gasteiger partial charge in [0.1, 0.15) is 0 Å². The van der Waals surface area contributed by atoms with Crippen LogP contribution in [-0.4, -0.2) is 52.2 Å². The molecule has 7 rings (SSSR count). The second-order valence-corrected chi connectivity index (χ2v) is 11.9. The minimum Gasteiger partial charge on any atom is -0.324 e. The fraction of sp³-hybridized carbons (Fsp3) is 0. The molecule has 20 nitrogen and oxygen atoms in total. The number of benzene rings is 5. The molecule has 0 amide bonds. The van der Waals surface area contributed by atoms with E-state index in [1.54, 1.807) is 36.7 Å². The molecule has 0 aliphatic rings. The van der Waals surface area contributed by atoms with Crippen LogP contribution in [0.4, 0.5) is 69.8 Å². The Balaban J connectivity index is 1.01. The Morgan fingerprint density at radius 2 is 0.690 bits per heavy atom. The zero-order valence-corrected chi connectivity index (χ0v) is 30.0. The van der Waals surface area contributed by atoms with Crippen molar-refractivity contribution in [3.63, 3.8) is 0 Å². The van der Waals surface area contributed by atoms with Crippen LogP contribution in [0.1, 0.15) is 11.1 Å². The number of nitro benzene ring substituents is 2. The molecule has 0 radical (unpaired) electrons. The van der Waals surface area contributed by atoms with Gasteiger partial charge in [-0.15, -0.1) is 0 Å². The van der Waals surface area contributed by atoms with Crippen molar-refractivity contribution in [1.82, 2.24) is 29.9 Å². The number of non-ortho nitro benzene ring substituents is 2. The lowest BCUT2D eigenvalue weighted by atomic mass is 10.2. The summed E-state index contributed by atoms with van der Waals surface area (Å²) in [5.41, 5.74) is 9.67. The van der Waals surface area contributed by atoms with Gasteiger partial charge in [-0.25, -0.2) is 10.9 Å². The molecule has 0 aliphatic heterocycles. The smallest absolute Gasteiger partial charge is 0.269 e. The summed E-state index contributed by atoms with van der Waals surface area (Å²) in [6, 6.07) is 37.7. The standard InChI is InChI=1S/C38H30N16O4/c55-53(56)31-19-15-29(16-20-31)43-35-45-33(41-27-7-3-1-4-8-27)47-37(49-35)51-39-23-25-11-13-26(14-12-25)24-40-52-38-48-34(42-28-9-5-2-6-10-28)46-36(50-38)44-30-17-21-32(22-18-30)54(57)58/h1-24H,(H3,41,43,45,47,49,51)(H3,42,44,46,48,50,52)/b39-23-,40-24-. The van der Waals surface area contributed by atoms with Crippen molar-refractivity contribution in [3.05, 3.63) is 165 Å². The van der Waals surface area contributed by atoms with Crippen LogP contribution in [0, 0.1) is 20.2 Å². The highest BCUT2D eigenvalue weighted by Gasteiger charge is 2.11. The van der Waals surface area contributed by atoms with E-state index >= 15 is 0 Å². The molecule has 0 atom stereocenters. The molecule has 2 aromatic heterocycles. The van der Waals surface area contributed by atoms with E-state index in [9.17, 15) is 20.2 Å². The Morgan fingerprint density at radius 1 is 0.397 bits per heavy atom. The van der Waals surface area contributed by atoms with Crippen molar-refractivity contribution in [1.29, 1.82) is 0 Å². The lowest BCUT2D eigenvalue weighted by Crippen LogP contribution is -2.07. The third-order valence-corrected chi connectivity index (χ3v) is 7.69. The highest BCUT2D eigenvalue weighted by Crippen LogP contribution is 2.23. The molecule has 7 aromatic rings. The van der Waals surface area contributed by atoms with Gasteiger partial charge in [0.05, 0.1) is 22.3 Å². The SMILES string of the molecule is O=[N+]([O-])c1ccc(Nc2nc(N/N=C\c3ccc(/C=N\Nc4nc(Nc5ccccc5)nc(Nc5ccc([N+](=O)[O-])cc5)n4)cc3)nc(Nc3ccccc3)n2)cc1. The van der Waals surface area contributed by atoms with Crippen LogP contribution >= 0.6 is 0 Å². The van der Waals surface area contributed by atoms with E-state index in [2.05, 4.69) is 72.2 Å². The van der Waals surface area contributed by atoms with E-state index in [4.69, 9.17) is 0 Å². The molecule has 2 heterocycles. The van der Waals surface area contributed by atoms with Gasteiger partial charge in [-0.1, -0.05) is 60.7 Å². The molecule has 0 unspecified atom stereocenters. The normalized spacial score (nSPS) is 10.9. The Labute approximate surface area is 328 Å². The van der Waals surface area contributed by atoms with Crippen LogP contribution in [-0.2, 0) is 0 Å². The number of hydrogen-bond acceptors (Lipinski definition) is 18. The molecule has 0 saturated carbocycles. The number of nitro groups is 2. The van der Waals surface area contributed by atoms with Crippen molar-refractivity contribution in [2.75, 3.05) is 32.1 Å². The van der Waals surface area contributed by atoms with Crippen LogP contribution < -0.4 is 32.1 Å². The number of nitrogens with zero attached hydrogens (tertiary/aromatic N) is 10. The zero-order chi connectivity index (χ0) is 40.1. The molecule has 20 heteroatoms. The van der Waals surface area contributed by atoms with Gasteiger partial charge < -0.3 is 21.3 Å². The average molecular weight is 775 g/mol. The molecule has 0 aliphatic carbocycles. The van der Waals surface area contributed by atoms with Crippen molar-refractivity contribution in [3.8, 4) is 0 Å². The van der Waals surface area contributed by atoms with Crippen molar-refractivity contribution in [2.24, 2.45) is 10.2 Å². The van der Waals surface area contributed by atoms with Gasteiger partial charge in [-0.05, 0) is 59.7 Å². The number of anilines is 10. The average Bonchev–Trinajstić information content (AvgIpc) is 3.22. The van der Waals surface area contributed by atoms with Gasteiger partial charge in [0.25, 0.3) is 11.4 Å². The zero-order valence-electron chi connectivity index (χ0n) is 30.0. The quantitative estimate of drug-likeness (QED) is 0.0311. The molecule has 5 aromatic carbocycles. The molecular weight excluding hydrogens is 745 g/mol. The molecule has 6 N–H and O–H groups in total. The van der Waals surface area contributed by atoms with Crippen molar-refractivity contribution < 1.29 is 9.85 Å². The van der Waals surface area contributed by atoms with Crippen molar-refractivity contribution >= 4 is 82.2 Å². The summed E-state index contributed by atoms with van der Waals surface area (Å²) in [7, 11) is 0. The minimum absolute atomic E-state index is 0.0433. The number of para-hydroxylation sites is 2. The number of nitrogens with one attached hydrogen (secondary N) is 6. The van der Waals surface area contributed by atoms with Crippen LogP contribution in [0.5, 0.6) is 0 Å². The first kappa shape index (κ1) is 37.4. The minimum atomic E-state index is -0.477. The monoisotopic (exact) mass is 774 g/mol. The third kappa shape index (κ3) is 10.6. The highest BCUT2D eigenvalue weighted by molar-refractivity contribution is 5.84. The molecular formula is C38H30N16O4. The van der Waals surface area contributed by atoms with Crippen LogP contribution in [0.2, 0.25) is 0 Å². The van der Waals surface area contributed by atoms with E-state index in [1.165, 1.54) is 24.3 Å². The van der Waals surface area contributed by atoms with Gasteiger partial charge in [-0.2, -0.15) is 40.1 Å². The lowest BCUT2D eigenvalue weighted by Gasteiger charge is -2.10. The van der Waals surface area contributed by atoms with Gasteiger partial charge in [0.2, 0.25) is 35.7 Å². The summed E-state index contributed by atoms with van der Waals surface area (Å²) in [5, 5.41) is 43.0. The van der Waals surface area contributed by atoms with Gasteiger partial charge >= 0.3 is 0 Å². The fourth-order valence-electron chi connectivity index (χ4n) is 4.97. The second kappa shape index (κ2) is 17.9. The summed E-state index contributed by atoms with van der Waals surface area (Å²) >= 11 is 0. The lowest BCUT2D eigenvalue weighted by molar-refractivity contribution is -0.385. The summed E-state index contributed by atoms with van der Waals surface area (Å²) < 4.78 is 0. The molecule has 0 bridgehead atoms. The molecule has 58 heavy (non-hydrogen) atoms. The summed E-state index contributed by atoms with van der Waals surface area (Å²) in [4.78, 5) is 47.6. The predicted octanol–water partition coefficient (Wildman–Crippen LogP) is 7.74. The molecule has 0 fully saturated rings. The molecule has 286 valence electrons.